The van der Waals surface area contributed by atoms with Gasteiger partial charge >= 0.3 is 0 Å². The number of nitrogens with zero attached hydrogens (tertiary/aromatic N) is 1. The van der Waals surface area contributed by atoms with Crippen LogP contribution in [0.5, 0.6) is 0 Å². The van der Waals surface area contributed by atoms with Crippen molar-refractivity contribution in [3.05, 3.63) is 53.6 Å². The highest BCUT2D eigenvalue weighted by atomic mass is 16.5. The van der Waals surface area contributed by atoms with Crippen molar-refractivity contribution in [3.63, 3.8) is 0 Å². The quantitative estimate of drug-likeness (QED) is 0.242. The van der Waals surface area contributed by atoms with E-state index in [1.807, 2.05) is 0 Å². The number of H-pyrrole nitrogens is 1. The van der Waals surface area contributed by atoms with Crippen molar-refractivity contribution < 1.29 is 10.0 Å². The van der Waals surface area contributed by atoms with Crippen molar-refractivity contribution in [3.8, 4) is 11.4 Å². The first kappa shape index (κ1) is 20.1. The number of carbonyl (C=O) groups is 1. The van der Waals surface area contributed by atoms with Gasteiger partial charge < -0.3 is 4.98 Å². The summed E-state index contributed by atoms with van der Waals surface area (Å²) in [6, 6.07) is 13.6. The van der Waals surface area contributed by atoms with Gasteiger partial charge in [-0.05, 0) is 36.6 Å². The number of unbranched alkanes of at least 4 members (excludes halogenated alkanes) is 6. The molecule has 0 atom stereocenters. The molecule has 0 fully saturated rings. The summed E-state index contributed by atoms with van der Waals surface area (Å²) in [4.78, 5) is 19.4. The molecular weight excluding hydrogens is 350 g/mol. The van der Waals surface area contributed by atoms with Crippen molar-refractivity contribution in [2.24, 2.45) is 0 Å². The Morgan fingerprint density at radius 2 is 1.71 bits per heavy atom. The number of amides is 1. The third-order valence-corrected chi connectivity index (χ3v) is 5.14. The van der Waals surface area contributed by atoms with Gasteiger partial charge in [-0.25, -0.2) is 10.5 Å². The fraction of sp³-hybridized carbons (Fsp3) is 0.391. The molecule has 5 nitrogen and oxygen atoms in total. The Labute approximate surface area is 166 Å². The lowest BCUT2D eigenvalue weighted by molar-refractivity contribution is 0.0706. The Bertz CT molecular complexity index is 900. The molecule has 0 aliphatic carbocycles. The minimum atomic E-state index is -0.534. The number of aryl methyl sites for hydroxylation is 1. The lowest BCUT2D eigenvalue weighted by atomic mass is 10.0. The van der Waals surface area contributed by atoms with E-state index in [9.17, 15) is 4.79 Å². The summed E-state index contributed by atoms with van der Waals surface area (Å²) in [5.41, 5.74) is 5.97. The topological polar surface area (TPSA) is 78.0 Å². The zero-order valence-corrected chi connectivity index (χ0v) is 16.5. The molecular formula is C23H29N3O2. The number of hydrogen-bond acceptors (Lipinski definition) is 3. The van der Waals surface area contributed by atoms with Crippen LogP contribution < -0.4 is 5.48 Å². The first-order valence-corrected chi connectivity index (χ1v) is 10.2. The van der Waals surface area contributed by atoms with Gasteiger partial charge in [0.15, 0.2) is 0 Å². The molecule has 0 aliphatic heterocycles. The van der Waals surface area contributed by atoms with Crippen molar-refractivity contribution >= 4 is 16.9 Å². The first-order valence-electron chi connectivity index (χ1n) is 10.2. The molecule has 1 heterocycles. The van der Waals surface area contributed by atoms with Gasteiger partial charge in [-0.2, -0.15) is 0 Å². The van der Waals surface area contributed by atoms with E-state index >= 15 is 0 Å². The maximum atomic E-state index is 11.5. The van der Waals surface area contributed by atoms with Crippen molar-refractivity contribution in [1.29, 1.82) is 0 Å². The van der Waals surface area contributed by atoms with Crippen LogP contribution in [-0.2, 0) is 6.42 Å². The van der Waals surface area contributed by atoms with Gasteiger partial charge in [0.25, 0.3) is 5.91 Å². The number of aromatic amines is 1. The average Bonchev–Trinajstić information content (AvgIpc) is 3.16. The summed E-state index contributed by atoms with van der Waals surface area (Å²) >= 11 is 0. The van der Waals surface area contributed by atoms with Crippen molar-refractivity contribution in [2.75, 3.05) is 0 Å². The summed E-state index contributed by atoms with van der Waals surface area (Å²) in [7, 11) is 0. The summed E-state index contributed by atoms with van der Waals surface area (Å²) < 4.78 is 0. The monoisotopic (exact) mass is 379 g/mol. The Morgan fingerprint density at radius 1 is 1.00 bits per heavy atom. The molecule has 28 heavy (non-hydrogen) atoms. The molecule has 0 saturated carbocycles. The number of benzene rings is 2. The second-order valence-corrected chi connectivity index (χ2v) is 7.33. The second kappa shape index (κ2) is 10.0. The highest BCUT2D eigenvalue weighted by molar-refractivity contribution is 5.97. The van der Waals surface area contributed by atoms with Gasteiger partial charge in [0, 0.05) is 11.1 Å². The van der Waals surface area contributed by atoms with Crippen LogP contribution in [0.1, 0.15) is 67.8 Å². The number of carbonyl (C=O) groups excluding carboxylic acids is 1. The third kappa shape index (κ3) is 5.20. The van der Waals surface area contributed by atoms with E-state index in [0.29, 0.717) is 5.56 Å². The minimum absolute atomic E-state index is 0.384. The lowest BCUT2D eigenvalue weighted by Crippen LogP contribution is -2.18. The van der Waals surface area contributed by atoms with Gasteiger partial charge in [-0.3, -0.25) is 10.0 Å². The molecule has 0 radical (unpaired) electrons. The SMILES string of the molecule is CCCCCCCCCc1ccc(-c2nc3ccc(C(=O)NO)cc3[nH]2)cc1. The van der Waals surface area contributed by atoms with E-state index in [1.54, 1.807) is 23.7 Å². The van der Waals surface area contributed by atoms with E-state index in [1.165, 1.54) is 50.5 Å². The number of hydrogen-bond donors (Lipinski definition) is 3. The molecule has 0 aliphatic rings. The zero-order valence-electron chi connectivity index (χ0n) is 16.5. The molecule has 3 rings (SSSR count). The number of fused-ring (bicyclic) bond motifs is 1. The van der Waals surface area contributed by atoms with Crippen LogP contribution in [0.3, 0.4) is 0 Å². The standard InChI is InChI=1S/C23H29N3O2/c1-2-3-4-5-6-7-8-9-17-10-12-18(13-11-17)22-24-20-15-14-19(23(27)26-28)16-21(20)25-22/h10-16,28H,2-9H2,1H3,(H,24,25)(H,26,27). The summed E-state index contributed by atoms with van der Waals surface area (Å²) in [6.45, 7) is 2.25. The molecule has 0 unspecified atom stereocenters. The number of hydroxylamine groups is 1. The summed E-state index contributed by atoms with van der Waals surface area (Å²) in [5, 5.41) is 8.77. The normalized spacial score (nSPS) is 11.1. The molecule has 148 valence electrons. The Balaban J connectivity index is 1.58. The predicted molar refractivity (Wildman–Crippen MR) is 112 cm³/mol. The van der Waals surface area contributed by atoms with E-state index in [2.05, 4.69) is 41.2 Å². The predicted octanol–water partition coefficient (Wildman–Crippen LogP) is 5.64. The van der Waals surface area contributed by atoms with Gasteiger partial charge in [0.05, 0.1) is 11.0 Å². The third-order valence-electron chi connectivity index (χ3n) is 5.14. The Kier molecular flexibility index (Phi) is 7.20. The lowest BCUT2D eigenvalue weighted by Gasteiger charge is -2.03. The maximum Gasteiger partial charge on any atom is 0.274 e. The molecule has 0 spiro atoms. The van der Waals surface area contributed by atoms with E-state index in [0.717, 1.165) is 28.8 Å². The van der Waals surface area contributed by atoms with E-state index in [-0.39, 0.29) is 0 Å². The second-order valence-electron chi connectivity index (χ2n) is 7.33. The fourth-order valence-electron chi connectivity index (χ4n) is 3.47. The maximum absolute atomic E-state index is 11.5. The fourth-order valence-corrected chi connectivity index (χ4v) is 3.47. The van der Waals surface area contributed by atoms with Gasteiger partial charge in [-0.1, -0.05) is 69.7 Å². The first-order chi connectivity index (χ1) is 13.7. The molecule has 3 N–H and O–H groups in total. The van der Waals surface area contributed by atoms with Crippen LogP contribution in [-0.4, -0.2) is 21.1 Å². The molecule has 2 aromatic carbocycles. The van der Waals surface area contributed by atoms with Gasteiger partial charge in [0.1, 0.15) is 5.82 Å². The van der Waals surface area contributed by atoms with Crippen molar-refractivity contribution in [2.45, 2.75) is 58.3 Å². The molecule has 1 aromatic heterocycles. The van der Waals surface area contributed by atoms with Crippen LogP contribution >= 0.6 is 0 Å². The van der Waals surface area contributed by atoms with Crippen LogP contribution in [0.2, 0.25) is 0 Å². The van der Waals surface area contributed by atoms with Gasteiger partial charge in [-0.15, -0.1) is 0 Å². The average molecular weight is 380 g/mol. The Hall–Kier alpha value is -2.66. The Morgan fingerprint density at radius 3 is 2.43 bits per heavy atom. The van der Waals surface area contributed by atoms with E-state index in [4.69, 9.17) is 5.21 Å². The van der Waals surface area contributed by atoms with Crippen LogP contribution in [0.25, 0.3) is 22.4 Å². The molecule has 5 heteroatoms. The van der Waals surface area contributed by atoms with Crippen LogP contribution in [0.15, 0.2) is 42.5 Å². The smallest absolute Gasteiger partial charge is 0.274 e. The molecule has 3 aromatic rings. The molecule has 0 saturated heterocycles. The number of aromatic nitrogens is 2. The number of imidazole rings is 1. The number of rotatable bonds is 10. The van der Waals surface area contributed by atoms with Crippen LogP contribution in [0.4, 0.5) is 0 Å². The van der Waals surface area contributed by atoms with Gasteiger partial charge in [0.2, 0.25) is 0 Å². The number of nitrogens with one attached hydrogen (secondary N) is 2. The van der Waals surface area contributed by atoms with E-state index < -0.39 is 5.91 Å². The largest absolute Gasteiger partial charge is 0.338 e. The zero-order chi connectivity index (χ0) is 19.8. The molecule has 0 bridgehead atoms. The highest BCUT2D eigenvalue weighted by Gasteiger charge is 2.09. The summed E-state index contributed by atoms with van der Waals surface area (Å²) in [5.74, 6) is 0.242. The summed E-state index contributed by atoms with van der Waals surface area (Å²) in [6.07, 6.45) is 10.4. The molecule has 1 amide bonds. The highest BCUT2D eigenvalue weighted by Crippen LogP contribution is 2.22. The van der Waals surface area contributed by atoms with Crippen molar-refractivity contribution in [1.82, 2.24) is 15.4 Å². The minimum Gasteiger partial charge on any atom is -0.338 e. The van der Waals surface area contributed by atoms with Crippen LogP contribution in [0, 0.1) is 0 Å².